The lowest BCUT2D eigenvalue weighted by molar-refractivity contribution is 1.59. The Bertz CT molecular complexity index is 1660. The molecule has 6 aromatic carbocycles. The second-order valence-corrected chi connectivity index (χ2v) is 13.0. The van der Waals surface area contributed by atoms with Crippen LogP contribution in [-0.4, -0.2) is 8.07 Å². The summed E-state index contributed by atoms with van der Waals surface area (Å²) >= 11 is 0. The molecular formula is C33H24Si. The molecule has 0 spiro atoms. The predicted octanol–water partition coefficient (Wildman–Crippen LogP) is 5.66. The van der Waals surface area contributed by atoms with Gasteiger partial charge in [0, 0.05) is 0 Å². The van der Waals surface area contributed by atoms with Crippen LogP contribution in [0.2, 0.25) is 0 Å². The Kier molecular flexibility index (Phi) is 4.18. The minimum atomic E-state index is -2.50. The maximum Gasteiger partial charge on any atom is 0.181 e. The predicted molar refractivity (Wildman–Crippen MR) is 149 cm³/mol. The van der Waals surface area contributed by atoms with Crippen LogP contribution >= 0.6 is 0 Å². The summed E-state index contributed by atoms with van der Waals surface area (Å²) < 4.78 is 0. The highest BCUT2D eigenvalue weighted by Gasteiger charge is 2.49. The highest BCUT2D eigenvalue weighted by atomic mass is 28.3. The average molecular weight is 449 g/mol. The molecular weight excluding hydrogens is 424 g/mol. The monoisotopic (exact) mass is 448 g/mol. The van der Waals surface area contributed by atoms with E-state index in [1.165, 1.54) is 59.0 Å². The van der Waals surface area contributed by atoms with E-state index in [2.05, 4.69) is 134 Å². The third kappa shape index (κ3) is 2.48. The SMILES string of the molecule is Cc1c2ccccc2cc2c3c(ccc12)-c1ccccc1[Si]3(c1ccccc1)c1ccccc1. The second kappa shape index (κ2) is 7.28. The standard InChI is InChI=1S/C33H24Si/c1-23-27-17-9-8-12-24(27)22-31-28(23)20-21-30-29-18-10-11-19-32(29)34(33(30)31,25-13-4-2-5-14-25)26-15-6-3-7-16-26/h2-22H,1H3. The maximum atomic E-state index is 2.45. The van der Waals surface area contributed by atoms with Gasteiger partial charge in [-0.1, -0.05) is 121 Å². The Balaban J connectivity index is 1.75. The zero-order chi connectivity index (χ0) is 22.7. The fourth-order valence-corrected chi connectivity index (χ4v) is 11.7. The normalized spacial score (nSPS) is 13.7. The van der Waals surface area contributed by atoms with E-state index in [0.29, 0.717) is 0 Å². The molecule has 0 bridgehead atoms. The van der Waals surface area contributed by atoms with Gasteiger partial charge in [0.1, 0.15) is 0 Å². The van der Waals surface area contributed by atoms with Gasteiger partial charge in [-0.2, -0.15) is 0 Å². The molecule has 1 aliphatic rings. The summed E-state index contributed by atoms with van der Waals surface area (Å²) in [4.78, 5) is 0. The summed E-state index contributed by atoms with van der Waals surface area (Å²) in [5, 5.41) is 11.4. The third-order valence-corrected chi connectivity index (χ3v) is 12.7. The fourth-order valence-electron chi connectivity index (χ4n) is 6.31. The molecule has 0 atom stereocenters. The van der Waals surface area contributed by atoms with Crippen molar-refractivity contribution in [3.05, 3.63) is 133 Å². The van der Waals surface area contributed by atoms with Gasteiger partial charge in [-0.15, -0.1) is 0 Å². The molecule has 0 saturated heterocycles. The molecule has 160 valence electrons. The molecule has 0 N–H and O–H groups in total. The summed E-state index contributed by atoms with van der Waals surface area (Å²) in [5.74, 6) is 0. The number of hydrogen-bond donors (Lipinski definition) is 0. The number of fused-ring (bicyclic) bond motifs is 6. The minimum Gasteiger partial charge on any atom is -0.0623 e. The van der Waals surface area contributed by atoms with Crippen molar-refractivity contribution in [2.75, 3.05) is 0 Å². The average Bonchev–Trinajstić information content (AvgIpc) is 3.22. The van der Waals surface area contributed by atoms with E-state index in [1.54, 1.807) is 0 Å². The van der Waals surface area contributed by atoms with Crippen molar-refractivity contribution in [2.24, 2.45) is 0 Å². The Morgan fingerprint density at radius 1 is 0.471 bits per heavy atom. The molecule has 0 aliphatic carbocycles. The van der Waals surface area contributed by atoms with E-state index >= 15 is 0 Å². The van der Waals surface area contributed by atoms with E-state index < -0.39 is 8.07 Å². The van der Waals surface area contributed by atoms with Crippen molar-refractivity contribution in [1.82, 2.24) is 0 Å². The molecule has 0 saturated carbocycles. The minimum absolute atomic E-state index is 1.32. The van der Waals surface area contributed by atoms with Gasteiger partial charge in [0.15, 0.2) is 8.07 Å². The Morgan fingerprint density at radius 2 is 1.09 bits per heavy atom. The first-order chi connectivity index (χ1) is 16.8. The van der Waals surface area contributed by atoms with Crippen LogP contribution < -0.4 is 20.7 Å². The summed E-state index contributed by atoms with van der Waals surface area (Å²) in [5.41, 5.74) is 4.16. The molecule has 0 unspecified atom stereocenters. The van der Waals surface area contributed by atoms with Crippen LogP contribution in [0.1, 0.15) is 5.56 Å². The molecule has 0 nitrogen and oxygen atoms in total. The highest BCUT2D eigenvalue weighted by molar-refractivity contribution is 7.23. The fraction of sp³-hybridized carbons (Fsp3) is 0.0303. The van der Waals surface area contributed by atoms with Gasteiger partial charge in [-0.25, -0.2) is 0 Å². The summed E-state index contributed by atoms with van der Waals surface area (Å²) in [6.45, 7) is 2.29. The molecule has 0 aromatic heterocycles. The molecule has 7 rings (SSSR count). The van der Waals surface area contributed by atoms with Crippen molar-refractivity contribution in [3.63, 3.8) is 0 Å². The lowest BCUT2D eigenvalue weighted by Gasteiger charge is -2.32. The number of hydrogen-bond acceptors (Lipinski definition) is 0. The van der Waals surface area contributed by atoms with Crippen LogP contribution in [0, 0.1) is 6.92 Å². The topological polar surface area (TPSA) is 0 Å². The van der Waals surface area contributed by atoms with Crippen molar-refractivity contribution in [1.29, 1.82) is 0 Å². The quantitative estimate of drug-likeness (QED) is 0.236. The van der Waals surface area contributed by atoms with Crippen LogP contribution in [0.5, 0.6) is 0 Å². The lowest BCUT2D eigenvalue weighted by Crippen LogP contribution is -2.73. The van der Waals surface area contributed by atoms with Gasteiger partial charge in [-0.05, 0) is 72.0 Å². The summed E-state index contributed by atoms with van der Waals surface area (Å²) in [6, 6.07) is 47.7. The summed E-state index contributed by atoms with van der Waals surface area (Å²) in [6.07, 6.45) is 0. The van der Waals surface area contributed by atoms with Crippen LogP contribution in [0.4, 0.5) is 0 Å². The largest absolute Gasteiger partial charge is 0.181 e. The zero-order valence-electron chi connectivity index (χ0n) is 19.1. The van der Waals surface area contributed by atoms with E-state index in [0.717, 1.165) is 0 Å². The van der Waals surface area contributed by atoms with Crippen molar-refractivity contribution >= 4 is 50.4 Å². The smallest absolute Gasteiger partial charge is 0.0623 e. The molecule has 0 fully saturated rings. The second-order valence-electron chi connectivity index (χ2n) is 9.33. The molecule has 0 radical (unpaired) electrons. The number of benzene rings is 6. The summed E-state index contributed by atoms with van der Waals surface area (Å²) in [7, 11) is -2.50. The zero-order valence-corrected chi connectivity index (χ0v) is 20.1. The van der Waals surface area contributed by atoms with Crippen molar-refractivity contribution in [2.45, 2.75) is 6.92 Å². The van der Waals surface area contributed by atoms with E-state index in [-0.39, 0.29) is 0 Å². The van der Waals surface area contributed by atoms with Gasteiger partial charge in [-0.3, -0.25) is 0 Å². The lowest BCUT2D eigenvalue weighted by atomic mass is 9.95. The van der Waals surface area contributed by atoms with Crippen molar-refractivity contribution in [3.8, 4) is 11.1 Å². The van der Waals surface area contributed by atoms with Crippen LogP contribution in [0.15, 0.2) is 127 Å². The Hall–Kier alpha value is -3.94. The van der Waals surface area contributed by atoms with E-state index in [4.69, 9.17) is 0 Å². The van der Waals surface area contributed by atoms with Crippen LogP contribution in [0.25, 0.3) is 32.7 Å². The first kappa shape index (κ1) is 19.5. The Labute approximate surface area is 201 Å². The van der Waals surface area contributed by atoms with E-state index in [9.17, 15) is 0 Å². The van der Waals surface area contributed by atoms with Gasteiger partial charge >= 0.3 is 0 Å². The molecule has 34 heavy (non-hydrogen) atoms. The van der Waals surface area contributed by atoms with Crippen LogP contribution in [0.3, 0.4) is 0 Å². The number of rotatable bonds is 2. The van der Waals surface area contributed by atoms with Gasteiger partial charge in [0.05, 0.1) is 0 Å². The number of aryl methyl sites for hydroxylation is 1. The maximum absolute atomic E-state index is 2.50. The van der Waals surface area contributed by atoms with Crippen LogP contribution in [-0.2, 0) is 0 Å². The first-order valence-corrected chi connectivity index (χ1v) is 14.0. The van der Waals surface area contributed by atoms with E-state index in [1.807, 2.05) is 0 Å². The van der Waals surface area contributed by atoms with Gasteiger partial charge < -0.3 is 0 Å². The molecule has 1 heteroatoms. The molecule has 1 heterocycles. The molecule has 0 amide bonds. The molecule has 6 aromatic rings. The van der Waals surface area contributed by atoms with Crippen molar-refractivity contribution < 1.29 is 0 Å². The molecule has 1 aliphatic heterocycles. The van der Waals surface area contributed by atoms with Gasteiger partial charge in [0.2, 0.25) is 0 Å². The first-order valence-electron chi connectivity index (χ1n) is 12.0. The Morgan fingerprint density at radius 3 is 1.82 bits per heavy atom. The third-order valence-electron chi connectivity index (χ3n) is 7.72. The van der Waals surface area contributed by atoms with Gasteiger partial charge in [0.25, 0.3) is 0 Å². The highest BCUT2D eigenvalue weighted by Crippen LogP contribution is 2.35.